The molecule has 106 valence electrons. The van der Waals surface area contributed by atoms with Crippen LogP contribution in [0.4, 0.5) is 0 Å². The molecule has 21 heavy (non-hydrogen) atoms. The van der Waals surface area contributed by atoms with Crippen LogP contribution in [-0.4, -0.2) is 19.2 Å². The van der Waals surface area contributed by atoms with Gasteiger partial charge in [0, 0.05) is 16.6 Å². The summed E-state index contributed by atoms with van der Waals surface area (Å²) in [5.41, 5.74) is 1.52. The van der Waals surface area contributed by atoms with E-state index in [1.807, 2.05) is 48.5 Å². The van der Waals surface area contributed by atoms with Crippen LogP contribution in [-0.2, 0) is 0 Å². The van der Waals surface area contributed by atoms with Crippen molar-refractivity contribution in [3.63, 3.8) is 0 Å². The summed E-state index contributed by atoms with van der Waals surface area (Å²) < 4.78 is 10.5. The van der Waals surface area contributed by atoms with Crippen LogP contribution in [0.3, 0.4) is 0 Å². The second kappa shape index (κ2) is 5.32. The number of H-pyrrole nitrogens is 1. The minimum absolute atomic E-state index is 0.0992. The molecule has 0 aliphatic carbocycles. The average molecular weight is 281 g/mol. The third-order valence-corrected chi connectivity index (χ3v) is 3.45. The summed E-state index contributed by atoms with van der Waals surface area (Å²) in [7, 11) is 3.18. The lowest BCUT2D eigenvalue weighted by Gasteiger charge is -2.10. The van der Waals surface area contributed by atoms with Crippen molar-refractivity contribution in [1.29, 1.82) is 0 Å². The van der Waals surface area contributed by atoms with E-state index in [-0.39, 0.29) is 5.56 Å². The minimum Gasteiger partial charge on any atom is -0.493 e. The molecule has 1 aromatic heterocycles. The number of aromatic amines is 1. The Morgan fingerprint density at radius 2 is 1.67 bits per heavy atom. The van der Waals surface area contributed by atoms with Crippen LogP contribution in [0.25, 0.3) is 22.0 Å². The molecular weight excluding hydrogens is 266 g/mol. The molecule has 0 aliphatic heterocycles. The highest BCUT2D eigenvalue weighted by atomic mass is 16.5. The van der Waals surface area contributed by atoms with Crippen LogP contribution in [0.1, 0.15) is 0 Å². The van der Waals surface area contributed by atoms with Gasteiger partial charge in [-0.25, -0.2) is 0 Å². The molecule has 0 saturated heterocycles. The van der Waals surface area contributed by atoms with E-state index in [1.165, 1.54) is 0 Å². The largest absolute Gasteiger partial charge is 0.493 e. The van der Waals surface area contributed by atoms with Crippen LogP contribution < -0.4 is 15.0 Å². The van der Waals surface area contributed by atoms with Gasteiger partial charge in [0.25, 0.3) is 5.56 Å². The maximum absolute atomic E-state index is 12.1. The zero-order valence-electron chi connectivity index (χ0n) is 11.8. The highest BCUT2D eigenvalue weighted by Crippen LogP contribution is 2.31. The van der Waals surface area contributed by atoms with Crippen LogP contribution in [0.5, 0.6) is 11.5 Å². The van der Waals surface area contributed by atoms with Gasteiger partial charge in [-0.15, -0.1) is 0 Å². The first-order chi connectivity index (χ1) is 10.2. The Hall–Kier alpha value is -2.75. The predicted octanol–water partition coefficient (Wildman–Crippen LogP) is 3.21. The number of ether oxygens (including phenoxy) is 2. The van der Waals surface area contributed by atoms with E-state index in [2.05, 4.69) is 4.98 Å². The first kappa shape index (κ1) is 13.2. The van der Waals surface area contributed by atoms with E-state index in [0.717, 1.165) is 16.6 Å². The Labute approximate surface area is 122 Å². The maximum Gasteiger partial charge on any atom is 0.256 e. The average Bonchev–Trinajstić information content (AvgIpc) is 2.54. The number of benzene rings is 2. The van der Waals surface area contributed by atoms with E-state index < -0.39 is 0 Å². The van der Waals surface area contributed by atoms with Gasteiger partial charge in [-0.3, -0.25) is 4.79 Å². The van der Waals surface area contributed by atoms with Gasteiger partial charge >= 0.3 is 0 Å². The van der Waals surface area contributed by atoms with Gasteiger partial charge in [-0.2, -0.15) is 0 Å². The Morgan fingerprint density at radius 3 is 2.43 bits per heavy atom. The Balaban J connectivity index is 2.18. The number of hydrogen-bond acceptors (Lipinski definition) is 3. The van der Waals surface area contributed by atoms with Crippen molar-refractivity contribution in [2.24, 2.45) is 0 Å². The molecule has 0 spiro atoms. The number of methoxy groups -OCH3 is 2. The van der Waals surface area contributed by atoms with Gasteiger partial charge in [0.2, 0.25) is 0 Å². The number of aromatic nitrogens is 1. The first-order valence-electron chi connectivity index (χ1n) is 6.57. The zero-order valence-corrected chi connectivity index (χ0v) is 11.8. The Bertz CT molecular complexity index is 852. The zero-order chi connectivity index (χ0) is 14.8. The number of fused-ring (bicyclic) bond motifs is 1. The molecule has 0 bridgehead atoms. The number of pyridine rings is 1. The predicted molar refractivity (Wildman–Crippen MR) is 83.1 cm³/mol. The van der Waals surface area contributed by atoms with Crippen LogP contribution in [0, 0.1) is 0 Å². The van der Waals surface area contributed by atoms with Crippen molar-refractivity contribution < 1.29 is 9.47 Å². The highest BCUT2D eigenvalue weighted by molar-refractivity contribution is 5.85. The standard InChI is InChI=1S/C17H15NO3/c1-20-15-8-7-12(10-16(15)21-2)14-9-11-5-3-4-6-13(11)17(19)18-14/h3-10H,1-2H3,(H,18,19). The summed E-state index contributed by atoms with van der Waals surface area (Å²) in [6, 6.07) is 15.0. The molecule has 1 heterocycles. The Morgan fingerprint density at radius 1 is 0.905 bits per heavy atom. The first-order valence-corrected chi connectivity index (χ1v) is 6.57. The monoisotopic (exact) mass is 281 g/mol. The van der Waals surface area contributed by atoms with E-state index in [4.69, 9.17) is 9.47 Å². The summed E-state index contributed by atoms with van der Waals surface area (Å²) in [6.45, 7) is 0. The molecule has 0 radical (unpaired) electrons. The molecule has 4 nitrogen and oxygen atoms in total. The molecule has 1 N–H and O–H groups in total. The SMILES string of the molecule is COc1ccc(-c2cc3ccccc3c(=O)[nH]2)cc1OC. The highest BCUT2D eigenvalue weighted by Gasteiger charge is 2.08. The number of hydrogen-bond donors (Lipinski definition) is 1. The minimum atomic E-state index is -0.0992. The summed E-state index contributed by atoms with van der Waals surface area (Å²) >= 11 is 0. The van der Waals surface area contributed by atoms with Gasteiger partial charge < -0.3 is 14.5 Å². The van der Waals surface area contributed by atoms with E-state index in [0.29, 0.717) is 16.9 Å². The van der Waals surface area contributed by atoms with Crippen LogP contribution >= 0.6 is 0 Å². The molecule has 0 saturated carbocycles. The second-order valence-electron chi connectivity index (χ2n) is 4.67. The molecule has 0 aliphatic rings. The van der Waals surface area contributed by atoms with Gasteiger partial charge in [0.05, 0.1) is 14.2 Å². The second-order valence-corrected chi connectivity index (χ2v) is 4.67. The van der Waals surface area contributed by atoms with Crippen molar-refractivity contribution in [1.82, 2.24) is 4.98 Å². The molecule has 3 aromatic rings. The van der Waals surface area contributed by atoms with Gasteiger partial charge in [-0.05, 0) is 35.7 Å². The molecule has 0 unspecified atom stereocenters. The fourth-order valence-electron chi connectivity index (χ4n) is 2.37. The van der Waals surface area contributed by atoms with Gasteiger partial charge in [0.1, 0.15) is 0 Å². The van der Waals surface area contributed by atoms with Crippen molar-refractivity contribution in [3.8, 4) is 22.8 Å². The summed E-state index contributed by atoms with van der Waals surface area (Å²) in [4.78, 5) is 15.0. The Kier molecular flexibility index (Phi) is 3.36. The molecule has 0 atom stereocenters. The van der Waals surface area contributed by atoms with Crippen LogP contribution in [0.2, 0.25) is 0 Å². The molecule has 0 fully saturated rings. The molecular formula is C17H15NO3. The van der Waals surface area contributed by atoms with Gasteiger partial charge in [0.15, 0.2) is 11.5 Å². The van der Waals surface area contributed by atoms with Crippen molar-refractivity contribution in [3.05, 3.63) is 58.9 Å². The lowest BCUT2D eigenvalue weighted by Crippen LogP contribution is -2.07. The molecule has 3 rings (SSSR count). The summed E-state index contributed by atoms with van der Waals surface area (Å²) in [6.07, 6.45) is 0. The summed E-state index contributed by atoms with van der Waals surface area (Å²) in [5.74, 6) is 1.29. The third-order valence-electron chi connectivity index (χ3n) is 3.45. The lowest BCUT2D eigenvalue weighted by molar-refractivity contribution is 0.355. The van der Waals surface area contributed by atoms with E-state index in [9.17, 15) is 4.79 Å². The topological polar surface area (TPSA) is 51.3 Å². The van der Waals surface area contributed by atoms with E-state index >= 15 is 0 Å². The van der Waals surface area contributed by atoms with Crippen molar-refractivity contribution >= 4 is 10.8 Å². The molecule has 4 heteroatoms. The molecule has 0 amide bonds. The van der Waals surface area contributed by atoms with Crippen molar-refractivity contribution in [2.75, 3.05) is 14.2 Å². The number of rotatable bonds is 3. The fraction of sp³-hybridized carbons (Fsp3) is 0.118. The third kappa shape index (κ3) is 2.36. The summed E-state index contributed by atoms with van der Waals surface area (Å²) in [5, 5.41) is 1.59. The smallest absolute Gasteiger partial charge is 0.256 e. The number of nitrogens with one attached hydrogen (secondary N) is 1. The van der Waals surface area contributed by atoms with Crippen molar-refractivity contribution in [2.45, 2.75) is 0 Å². The van der Waals surface area contributed by atoms with Crippen LogP contribution in [0.15, 0.2) is 53.3 Å². The maximum atomic E-state index is 12.1. The molecule has 2 aromatic carbocycles. The van der Waals surface area contributed by atoms with Gasteiger partial charge in [-0.1, -0.05) is 18.2 Å². The van der Waals surface area contributed by atoms with E-state index in [1.54, 1.807) is 14.2 Å². The quantitative estimate of drug-likeness (QED) is 0.802. The fourth-order valence-corrected chi connectivity index (χ4v) is 2.37. The lowest BCUT2D eigenvalue weighted by atomic mass is 10.1. The normalized spacial score (nSPS) is 10.6.